The second-order valence-electron chi connectivity index (χ2n) is 3.96. The van der Waals surface area contributed by atoms with Gasteiger partial charge in [0, 0.05) is 11.5 Å². The molecule has 90 valence electrons. The number of carbonyl (C=O) groups is 2. The molecule has 1 saturated carbocycles. The van der Waals surface area contributed by atoms with E-state index in [-0.39, 0.29) is 28.6 Å². The molecular formula is C12H10ClFO3. The maximum absolute atomic E-state index is 12.9. The Balaban J connectivity index is 2.12. The number of carbonyl (C=O) groups excluding carboxylic acids is 2. The molecule has 1 aliphatic rings. The van der Waals surface area contributed by atoms with Crippen LogP contribution in [0.2, 0.25) is 5.02 Å². The molecule has 1 aromatic rings. The summed E-state index contributed by atoms with van der Waals surface area (Å²) in [6, 6.07) is 3.80. The second-order valence-corrected chi connectivity index (χ2v) is 4.37. The van der Waals surface area contributed by atoms with Gasteiger partial charge < -0.3 is 4.74 Å². The number of ketones is 1. The van der Waals surface area contributed by atoms with Crippen molar-refractivity contribution >= 4 is 23.4 Å². The predicted molar refractivity (Wildman–Crippen MR) is 59.4 cm³/mol. The van der Waals surface area contributed by atoms with E-state index in [4.69, 9.17) is 11.6 Å². The van der Waals surface area contributed by atoms with Crippen molar-refractivity contribution in [3.63, 3.8) is 0 Å². The fourth-order valence-electron chi connectivity index (χ4n) is 1.76. The molecule has 0 aliphatic heterocycles. The third-order valence-electron chi connectivity index (χ3n) is 2.84. The summed E-state index contributed by atoms with van der Waals surface area (Å²) in [6.07, 6.45) is 0.487. The van der Waals surface area contributed by atoms with E-state index < -0.39 is 5.82 Å². The van der Waals surface area contributed by atoms with Crippen LogP contribution in [0, 0.1) is 17.7 Å². The number of hydrogen-bond donors (Lipinski definition) is 0. The van der Waals surface area contributed by atoms with Crippen molar-refractivity contribution < 1.29 is 18.7 Å². The van der Waals surface area contributed by atoms with Crippen LogP contribution in [0.4, 0.5) is 4.39 Å². The quantitative estimate of drug-likeness (QED) is 0.616. The molecule has 0 bridgehead atoms. The van der Waals surface area contributed by atoms with E-state index in [1.54, 1.807) is 0 Å². The van der Waals surface area contributed by atoms with Crippen LogP contribution in [0.25, 0.3) is 0 Å². The van der Waals surface area contributed by atoms with Gasteiger partial charge in [-0.15, -0.1) is 0 Å². The van der Waals surface area contributed by atoms with Gasteiger partial charge in [0.1, 0.15) is 5.82 Å². The summed E-state index contributed by atoms with van der Waals surface area (Å²) >= 11 is 5.59. The number of esters is 1. The van der Waals surface area contributed by atoms with E-state index in [9.17, 15) is 14.0 Å². The number of rotatable bonds is 3. The standard InChI is InChI=1S/C12H10ClFO3/c1-17-12(16)8-5-7(8)11(15)6-2-3-10(14)9(13)4-6/h2-4,7-8H,5H2,1H3. The second kappa shape index (κ2) is 4.45. The summed E-state index contributed by atoms with van der Waals surface area (Å²) in [7, 11) is 1.29. The van der Waals surface area contributed by atoms with Gasteiger partial charge in [-0.3, -0.25) is 9.59 Å². The first kappa shape index (κ1) is 12.0. The summed E-state index contributed by atoms with van der Waals surface area (Å²) in [5, 5.41) is -0.0916. The van der Waals surface area contributed by atoms with E-state index in [1.807, 2.05) is 0 Å². The van der Waals surface area contributed by atoms with E-state index in [2.05, 4.69) is 4.74 Å². The zero-order valence-electron chi connectivity index (χ0n) is 9.07. The Labute approximate surface area is 103 Å². The molecule has 2 atom stereocenters. The molecule has 0 spiro atoms. The van der Waals surface area contributed by atoms with Gasteiger partial charge in [0.05, 0.1) is 18.1 Å². The highest BCUT2D eigenvalue weighted by molar-refractivity contribution is 6.31. The highest BCUT2D eigenvalue weighted by Crippen LogP contribution is 2.42. The van der Waals surface area contributed by atoms with Crippen LogP contribution >= 0.6 is 11.6 Å². The zero-order valence-corrected chi connectivity index (χ0v) is 9.83. The average molecular weight is 257 g/mol. The number of methoxy groups -OCH3 is 1. The van der Waals surface area contributed by atoms with Crippen LogP contribution in [0.1, 0.15) is 16.8 Å². The fraction of sp³-hybridized carbons (Fsp3) is 0.333. The first-order valence-corrected chi connectivity index (χ1v) is 5.49. The number of benzene rings is 1. The average Bonchev–Trinajstić information content (AvgIpc) is 3.11. The van der Waals surface area contributed by atoms with Crippen LogP contribution in [0.3, 0.4) is 0 Å². The third kappa shape index (κ3) is 2.31. The molecule has 0 amide bonds. The molecule has 0 radical (unpaired) electrons. The molecule has 1 aromatic carbocycles. The lowest BCUT2D eigenvalue weighted by Gasteiger charge is -2.01. The van der Waals surface area contributed by atoms with Gasteiger partial charge in [0.15, 0.2) is 5.78 Å². The Morgan fingerprint density at radius 1 is 1.41 bits per heavy atom. The largest absolute Gasteiger partial charge is 0.469 e. The fourth-order valence-corrected chi connectivity index (χ4v) is 1.94. The van der Waals surface area contributed by atoms with Gasteiger partial charge in [-0.05, 0) is 24.6 Å². The Kier molecular flexibility index (Phi) is 3.15. The monoisotopic (exact) mass is 256 g/mol. The van der Waals surface area contributed by atoms with Crippen molar-refractivity contribution in [2.75, 3.05) is 7.11 Å². The molecule has 5 heteroatoms. The Bertz CT molecular complexity index is 487. The molecule has 17 heavy (non-hydrogen) atoms. The lowest BCUT2D eigenvalue weighted by atomic mass is 10.1. The molecule has 0 heterocycles. The van der Waals surface area contributed by atoms with Gasteiger partial charge in [-0.25, -0.2) is 4.39 Å². The molecule has 1 fully saturated rings. The SMILES string of the molecule is COC(=O)C1CC1C(=O)c1ccc(F)c(Cl)c1. The third-order valence-corrected chi connectivity index (χ3v) is 3.12. The van der Waals surface area contributed by atoms with Crippen molar-refractivity contribution in [1.82, 2.24) is 0 Å². The summed E-state index contributed by atoms with van der Waals surface area (Å²) in [5.41, 5.74) is 0.327. The van der Waals surface area contributed by atoms with E-state index in [0.29, 0.717) is 12.0 Å². The minimum absolute atomic E-state index is 0.0916. The molecule has 2 rings (SSSR count). The Hall–Kier alpha value is -1.42. The zero-order chi connectivity index (χ0) is 12.6. The highest BCUT2D eigenvalue weighted by atomic mass is 35.5. The van der Waals surface area contributed by atoms with Crippen LogP contribution in [-0.2, 0) is 9.53 Å². The number of Topliss-reactive ketones (excluding diaryl/α,β-unsaturated/α-hetero) is 1. The van der Waals surface area contributed by atoms with E-state index >= 15 is 0 Å². The van der Waals surface area contributed by atoms with Crippen molar-refractivity contribution in [3.8, 4) is 0 Å². The molecule has 2 unspecified atom stereocenters. The molecule has 0 aromatic heterocycles. The lowest BCUT2D eigenvalue weighted by Crippen LogP contribution is -2.10. The molecule has 0 N–H and O–H groups in total. The van der Waals surface area contributed by atoms with Crippen LogP contribution in [-0.4, -0.2) is 18.9 Å². The van der Waals surface area contributed by atoms with Gasteiger partial charge in [0.25, 0.3) is 0 Å². The molecule has 3 nitrogen and oxygen atoms in total. The van der Waals surface area contributed by atoms with Crippen LogP contribution < -0.4 is 0 Å². The first-order chi connectivity index (χ1) is 8.04. The van der Waals surface area contributed by atoms with Crippen LogP contribution in [0.15, 0.2) is 18.2 Å². The predicted octanol–water partition coefficient (Wildman–Crippen LogP) is 2.47. The van der Waals surface area contributed by atoms with Gasteiger partial charge in [-0.1, -0.05) is 11.6 Å². The maximum Gasteiger partial charge on any atom is 0.309 e. The molecular weight excluding hydrogens is 247 g/mol. The topological polar surface area (TPSA) is 43.4 Å². The lowest BCUT2D eigenvalue weighted by molar-refractivity contribution is -0.142. The maximum atomic E-state index is 12.9. The van der Waals surface area contributed by atoms with Gasteiger partial charge in [-0.2, -0.15) is 0 Å². The van der Waals surface area contributed by atoms with Gasteiger partial charge >= 0.3 is 5.97 Å². The molecule has 1 aliphatic carbocycles. The van der Waals surface area contributed by atoms with Crippen LogP contribution in [0.5, 0.6) is 0 Å². The van der Waals surface area contributed by atoms with Crippen molar-refractivity contribution in [3.05, 3.63) is 34.6 Å². The smallest absolute Gasteiger partial charge is 0.309 e. The van der Waals surface area contributed by atoms with Crippen molar-refractivity contribution in [2.45, 2.75) is 6.42 Å². The highest BCUT2D eigenvalue weighted by Gasteiger charge is 2.48. The number of hydrogen-bond acceptors (Lipinski definition) is 3. The first-order valence-electron chi connectivity index (χ1n) is 5.11. The molecule has 0 saturated heterocycles. The summed E-state index contributed by atoms with van der Waals surface area (Å²) in [4.78, 5) is 23.1. The number of ether oxygens (including phenoxy) is 1. The minimum Gasteiger partial charge on any atom is -0.469 e. The van der Waals surface area contributed by atoms with E-state index in [0.717, 1.165) is 6.07 Å². The van der Waals surface area contributed by atoms with Crippen molar-refractivity contribution in [2.24, 2.45) is 11.8 Å². The van der Waals surface area contributed by atoms with Crippen molar-refractivity contribution in [1.29, 1.82) is 0 Å². The number of halogens is 2. The minimum atomic E-state index is -0.566. The summed E-state index contributed by atoms with van der Waals surface area (Å²) < 4.78 is 17.5. The van der Waals surface area contributed by atoms with E-state index in [1.165, 1.54) is 19.2 Å². The summed E-state index contributed by atoms with van der Waals surface area (Å²) in [5.74, 6) is -1.86. The Morgan fingerprint density at radius 2 is 2.12 bits per heavy atom. The Morgan fingerprint density at radius 3 is 2.71 bits per heavy atom. The summed E-state index contributed by atoms with van der Waals surface area (Å²) in [6.45, 7) is 0. The van der Waals surface area contributed by atoms with Gasteiger partial charge in [0.2, 0.25) is 0 Å². The normalized spacial score (nSPS) is 22.1.